The van der Waals surface area contributed by atoms with Crippen molar-refractivity contribution >= 4 is 23.4 Å². The summed E-state index contributed by atoms with van der Waals surface area (Å²) in [4.78, 5) is 36.1. The van der Waals surface area contributed by atoms with Crippen LogP contribution in [0.15, 0.2) is 60.7 Å². The van der Waals surface area contributed by atoms with Crippen molar-refractivity contribution in [2.45, 2.75) is 65.9 Å². The summed E-state index contributed by atoms with van der Waals surface area (Å²) in [6, 6.07) is 14.3. The first-order chi connectivity index (χ1) is 23.2. The van der Waals surface area contributed by atoms with Gasteiger partial charge < -0.3 is 24.4 Å². The minimum absolute atomic E-state index is 0.0143. The first-order valence-corrected chi connectivity index (χ1v) is 15.5. The Morgan fingerprint density at radius 3 is 2.24 bits per heavy atom. The van der Waals surface area contributed by atoms with Crippen molar-refractivity contribution in [3.8, 4) is 22.9 Å². The number of aromatic nitrogens is 2. The summed E-state index contributed by atoms with van der Waals surface area (Å²) in [6.45, 7) is 9.28. The van der Waals surface area contributed by atoms with E-state index in [1.165, 1.54) is 19.1 Å². The van der Waals surface area contributed by atoms with Gasteiger partial charge in [0, 0.05) is 17.3 Å². The lowest BCUT2D eigenvalue weighted by atomic mass is 10.0. The number of rotatable bonds is 9. The normalized spacial score (nSPS) is 12.6. The summed E-state index contributed by atoms with van der Waals surface area (Å²) >= 11 is 0. The Hall–Kier alpha value is -5.20. The van der Waals surface area contributed by atoms with Crippen LogP contribution in [0.5, 0.6) is 11.5 Å². The Morgan fingerprint density at radius 2 is 1.63 bits per heavy atom. The number of esters is 1. The fraction of sp³-hybridized carbons (Fsp3) is 0.333. The number of halogens is 4. The Morgan fingerprint density at radius 1 is 0.939 bits per heavy atom. The average Bonchev–Trinajstić information content (AvgIpc) is 3.36. The molecule has 2 heterocycles. The van der Waals surface area contributed by atoms with Crippen LogP contribution in [-0.4, -0.2) is 46.6 Å². The average molecular weight is 683 g/mol. The summed E-state index contributed by atoms with van der Waals surface area (Å²) in [5.74, 6) is -1.69. The highest BCUT2D eigenvalue weighted by Gasteiger charge is 2.38. The van der Waals surface area contributed by atoms with Crippen molar-refractivity contribution < 1.29 is 41.4 Å². The largest absolute Gasteiger partial charge is 0.497 e. The number of benzene rings is 3. The van der Waals surface area contributed by atoms with Crippen molar-refractivity contribution in [1.82, 2.24) is 14.9 Å². The van der Waals surface area contributed by atoms with E-state index in [0.717, 1.165) is 18.2 Å². The molecule has 9 nitrogen and oxygen atoms in total. The van der Waals surface area contributed by atoms with Gasteiger partial charge in [0.25, 0.3) is 5.91 Å². The first kappa shape index (κ1) is 36.6. The Bertz CT molecular complexity index is 1820. The maximum Gasteiger partial charge on any atom is 0.417 e. The lowest BCUT2D eigenvalue weighted by Gasteiger charge is -2.19. The van der Waals surface area contributed by atoms with E-state index in [4.69, 9.17) is 14.2 Å². The van der Waals surface area contributed by atoms with Crippen LogP contribution in [0.4, 0.5) is 29.1 Å². The zero-order chi connectivity index (χ0) is 36.1. The molecule has 0 aliphatic carbocycles. The molecule has 49 heavy (non-hydrogen) atoms. The molecule has 1 aliphatic rings. The number of nitrogens with zero attached hydrogens (tertiary/aromatic N) is 3. The van der Waals surface area contributed by atoms with E-state index in [9.17, 15) is 22.8 Å². The summed E-state index contributed by atoms with van der Waals surface area (Å²) in [7, 11) is 2.98. The molecule has 0 saturated carbocycles. The molecule has 13 heteroatoms. The lowest BCUT2D eigenvalue weighted by Crippen LogP contribution is -2.24. The third-order valence-corrected chi connectivity index (χ3v) is 7.21. The molecule has 1 aromatic heterocycles. The molecule has 1 aliphatic heterocycles. The Labute approximate surface area is 282 Å². The van der Waals surface area contributed by atoms with Crippen LogP contribution >= 0.6 is 0 Å². The van der Waals surface area contributed by atoms with E-state index in [0.29, 0.717) is 28.3 Å². The number of carbonyl (C=O) groups excluding carboxylic acids is 2. The van der Waals surface area contributed by atoms with Crippen LogP contribution < -0.4 is 14.8 Å². The van der Waals surface area contributed by atoms with Gasteiger partial charge in [-0.3, -0.25) is 9.59 Å². The number of hydrogen-bond donors (Lipinski definition) is 1. The number of carbonyl (C=O) groups is 2. The first-order valence-electron chi connectivity index (χ1n) is 15.5. The molecule has 0 fully saturated rings. The van der Waals surface area contributed by atoms with Gasteiger partial charge in [0.2, 0.25) is 0 Å². The van der Waals surface area contributed by atoms with Gasteiger partial charge in [0.1, 0.15) is 34.3 Å². The highest BCUT2D eigenvalue weighted by molar-refractivity contribution is 6.03. The monoisotopic (exact) mass is 682 g/mol. The number of alkyl halides is 3. The maximum absolute atomic E-state index is 15.1. The van der Waals surface area contributed by atoms with Crippen LogP contribution in [0.1, 0.15) is 67.4 Å². The smallest absolute Gasteiger partial charge is 0.417 e. The molecular weight excluding hydrogens is 644 g/mol. The topological polar surface area (TPSA) is 103 Å². The molecule has 0 saturated heterocycles. The van der Waals surface area contributed by atoms with Gasteiger partial charge in [-0.05, 0) is 62.7 Å². The molecule has 260 valence electrons. The van der Waals surface area contributed by atoms with Crippen molar-refractivity contribution in [1.29, 1.82) is 0 Å². The van der Waals surface area contributed by atoms with Gasteiger partial charge in [0.05, 0.1) is 50.6 Å². The second-order valence-corrected chi connectivity index (χ2v) is 11.8. The van der Waals surface area contributed by atoms with Crippen LogP contribution in [0, 0.1) is 5.82 Å². The number of anilines is 2. The standard InChI is InChI=1S/C34H32F4N4O5.C2H6/c1-33(2,3)47-27(43)15-19-9-12-21(13-10-19)39-31-29-25(40-30(41-31)28-23(34(36,37)38)7-6-8-24(28)35)18-42(32(29)44)17-20-11-14-22(45-4)16-26(20)46-5;1-2/h6-14,16H,15,17-18H2,1-5H3,(H,39,40,41);1-2H3. The van der Waals surface area contributed by atoms with E-state index < -0.39 is 46.4 Å². The third kappa shape index (κ3) is 8.64. The zero-order valence-electron chi connectivity index (χ0n) is 28.3. The van der Waals surface area contributed by atoms with Gasteiger partial charge in [0.15, 0.2) is 5.82 Å². The van der Waals surface area contributed by atoms with Crippen molar-refractivity contribution in [2.24, 2.45) is 0 Å². The van der Waals surface area contributed by atoms with E-state index in [1.54, 1.807) is 63.2 Å². The molecule has 0 radical (unpaired) electrons. The predicted molar refractivity (Wildman–Crippen MR) is 176 cm³/mol. The second-order valence-electron chi connectivity index (χ2n) is 11.8. The quantitative estimate of drug-likeness (QED) is 0.140. The van der Waals surface area contributed by atoms with Gasteiger partial charge in [-0.2, -0.15) is 13.2 Å². The molecule has 1 N–H and O–H groups in total. The summed E-state index contributed by atoms with van der Waals surface area (Å²) in [5, 5.41) is 3.00. The molecule has 0 bridgehead atoms. The Balaban J connectivity index is 0.00000265. The molecule has 1 amide bonds. The Kier molecular flexibility index (Phi) is 11.2. The minimum atomic E-state index is -4.90. The molecular formula is C36H38F4N4O5. The number of ether oxygens (including phenoxy) is 3. The van der Waals surface area contributed by atoms with E-state index in [1.807, 2.05) is 13.8 Å². The maximum atomic E-state index is 15.1. The van der Waals surface area contributed by atoms with Crippen LogP contribution in [0.3, 0.4) is 0 Å². The van der Waals surface area contributed by atoms with E-state index >= 15 is 4.39 Å². The number of nitrogens with one attached hydrogen (secondary N) is 1. The van der Waals surface area contributed by atoms with Gasteiger partial charge in [-0.15, -0.1) is 0 Å². The predicted octanol–water partition coefficient (Wildman–Crippen LogP) is 8.13. The molecule has 4 aromatic rings. The van der Waals surface area contributed by atoms with E-state index in [2.05, 4.69) is 15.3 Å². The number of hydrogen-bond acceptors (Lipinski definition) is 8. The minimum Gasteiger partial charge on any atom is -0.497 e. The number of methoxy groups -OCH3 is 2. The molecule has 0 unspecified atom stereocenters. The summed E-state index contributed by atoms with van der Waals surface area (Å²) in [6.07, 6.45) is -4.88. The fourth-order valence-corrected chi connectivity index (χ4v) is 5.15. The fourth-order valence-electron chi connectivity index (χ4n) is 5.15. The van der Waals surface area contributed by atoms with E-state index in [-0.39, 0.29) is 36.6 Å². The number of fused-ring (bicyclic) bond motifs is 1. The van der Waals surface area contributed by atoms with Crippen molar-refractivity contribution in [3.05, 3.63) is 94.4 Å². The lowest BCUT2D eigenvalue weighted by molar-refractivity contribution is -0.153. The third-order valence-electron chi connectivity index (χ3n) is 7.21. The number of amides is 1. The van der Waals surface area contributed by atoms with Gasteiger partial charge >= 0.3 is 12.1 Å². The molecule has 5 rings (SSSR count). The van der Waals surface area contributed by atoms with Crippen LogP contribution in [-0.2, 0) is 35.2 Å². The summed E-state index contributed by atoms with van der Waals surface area (Å²) < 4.78 is 73.1. The van der Waals surface area contributed by atoms with Crippen molar-refractivity contribution in [3.63, 3.8) is 0 Å². The second kappa shape index (κ2) is 14.9. The van der Waals surface area contributed by atoms with Crippen LogP contribution in [0.25, 0.3) is 11.4 Å². The van der Waals surface area contributed by atoms with Gasteiger partial charge in [-0.1, -0.05) is 32.0 Å². The SMILES string of the molecule is CC.COc1ccc(CN2Cc3nc(-c4c(F)cccc4C(F)(F)F)nc(Nc4ccc(CC(=O)OC(C)(C)C)cc4)c3C2=O)c(OC)c1. The highest BCUT2D eigenvalue weighted by atomic mass is 19.4. The molecule has 0 spiro atoms. The van der Waals surface area contributed by atoms with Gasteiger partial charge in [-0.25, -0.2) is 14.4 Å². The van der Waals surface area contributed by atoms with Crippen LogP contribution in [0.2, 0.25) is 0 Å². The van der Waals surface area contributed by atoms with Crippen molar-refractivity contribution in [2.75, 3.05) is 19.5 Å². The molecule has 0 atom stereocenters. The molecule has 3 aromatic carbocycles. The summed E-state index contributed by atoms with van der Waals surface area (Å²) in [5.41, 5.74) is -0.872. The highest BCUT2D eigenvalue weighted by Crippen LogP contribution is 2.40. The zero-order valence-corrected chi connectivity index (χ0v) is 28.3.